The van der Waals surface area contributed by atoms with E-state index < -0.39 is 17.4 Å². The standard InChI is InChI=1S/C24H23ClN6O3S/c1-24(2,22(33)34)28-21(32)16-4-3-11-31-19(29-30-20(16)31)13-5-8-15(9-6-13)26-23-27-17-10-7-14(25)12-18(17)35-23/h3-5,7-8,10-12,19,29H,6,9H2,1-2H3,(H,26,27)(H,28,32)(H,33,34). The van der Waals surface area contributed by atoms with Crippen LogP contribution in [0.25, 0.3) is 10.2 Å². The zero-order chi connectivity index (χ0) is 24.7. The minimum absolute atomic E-state index is 0.229. The zero-order valence-corrected chi connectivity index (χ0v) is 20.6. The van der Waals surface area contributed by atoms with Crippen LogP contribution in [-0.2, 0) is 9.59 Å². The van der Waals surface area contributed by atoms with Crippen LogP contribution in [0.1, 0.15) is 26.7 Å². The summed E-state index contributed by atoms with van der Waals surface area (Å²) in [6.45, 7) is 2.88. The number of carboxylic acids is 1. The number of nitrogens with one attached hydrogen (secondary N) is 3. The van der Waals surface area contributed by atoms with E-state index in [1.165, 1.54) is 13.8 Å². The van der Waals surface area contributed by atoms with Crippen molar-refractivity contribution >= 4 is 56.0 Å². The third kappa shape index (κ3) is 4.54. The molecule has 0 bridgehead atoms. The summed E-state index contributed by atoms with van der Waals surface area (Å²) in [5.74, 6) is -1.15. The number of halogens is 1. The lowest BCUT2D eigenvalue weighted by atomic mass is 9.98. The molecule has 0 fully saturated rings. The Bertz CT molecular complexity index is 1390. The maximum atomic E-state index is 12.8. The van der Waals surface area contributed by atoms with Crippen molar-refractivity contribution in [3.63, 3.8) is 0 Å². The molecule has 180 valence electrons. The van der Waals surface area contributed by atoms with Gasteiger partial charge in [0.15, 0.2) is 11.0 Å². The SMILES string of the molecule is CC(C)(NC(=O)C1=CC=CN2C1=NNC2C1=CC=C(Nc2nc3ccc(Cl)cc3s2)CC1)C(=O)O. The lowest BCUT2D eigenvalue weighted by Gasteiger charge is -2.30. The molecule has 35 heavy (non-hydrogen) atoms. The molecule has 0 saturated carbocycles. The normalized spacial score (nSPS) is 19.3. The van der Waals surface area contributed by atoms with Gasteiger partial charge in [-0.1, -0.05) is 29.0 Å². The Kier molecular flexibility index (Phi) is 5.86. The maximum Gasteiger partial charge on any atom is 0.328 e. The molecule has 11 heteroatoms. The highest BCUT2D eigenvalue weighted by Crippen LogP contribution is 2.32. The third-order valence-electron chi connectivity index (χ3n) is 5.92. The van der Waals surface area contributed by atoms with Gasteiger partial charge in [0.25, 0.3) is 5.91 Å². The van der Waals surface area contributed by atoms with Crippen LogP contribution >= 0.6 is 22.9 Å². The number of carbonyl (C=O) groups excluding carboxylic acids is 1. The van der Waals surface area contributed by atoms with Crippen LogP contribution < -0.4 is 16.1 Å². The second-order valence-corrected chi connectivity index (χ2v) is 10.3. The van der Waals surface area contributed by atoms with E-state index in [-0.39, 0.29) is 6.17 Å². The molecule has 3 aliphatic rings. The van der Waals surface area contributed by atoms with Crippen LogP contribution in [0.4, 0.5) is 5.13 Å². The molecular weight excluding hydrogens is 488 g/mol. The fourth-order valence-electron chi connectivity index (χ4n) is 3.95. The Balaban J connectivity index is 1.27. The van der Waals surface area contributed by atoms with Crippen LogP contribution in [0.5, 0.6) is 0 Å². The highest BCUT2D eigenvalue weighted by Gasteiger charge is 2.37. The Morgan fingerprint density at radius 1 is 1.26 bits per heavy atom. The fraction of sp³-hybridized carbons (Fsp3) is 0.250. The van der Waals surface area contributed by atoms with Crippen molar-refractivity contribution < 1.29 is 14.7 Å². The van der Waals surface area contributed by atoms with Crippen LogP contribution in [-0.4, -0.2) is 44.4 Å². The number of amides is 1. The maximum absolute atomic E-state index is 12.8. The van der Waals surface area contributed by atoms with E-state index in [1.807, 2.05) is 41.5 Å². The summed E-state index contributed by atoms with van der Waals surface area (Å²) in [7, 11) is 0. The van der Waals surface area contributed by atoms with E-state index in [0.29, 0.717) is 16.4 Å². The van der Waals surface area contributed by atoms with E-state index in [2.05, 4.69) is 26.1 Å². The first-order valence-electron chi connectivity index (χ1n) is 11.0. The summed E-state index contributed by atoms with van der Waals surface area (Å²) in [6, 6.07) is 5.65. The second-order valence-electron chi connectivity index (χ2n) is 8.87. The predicted octanol–water partition coefficient (Wildman–Crippen LogP) is 3.94. The molecule has 0 radical (unpaired) electrons. The number of benzene rings is 1. The van der Waals surface area contributed by atoms with Gasteiger partial charge < -0.3 is 20.6 Å². The molecular formula is C24H23ClN6O3S. The quantitative estimate of drug-likeness (QED) is 0.464. The molecule has 1 unspecified atom stereocenters. The smallest absolute Gasteiger partial charge is 0.328 e. The number of thiazole rings is 1. The molecule has 5 rings (SSSR count). The van der Waals surface area contributed by atoms with Crippen LogP contribution in [0.15, 0.2) is 70.6 Å². The largest absolute Gasteiger partial charge is 0.480 e. The van der Waals surface area contributed by atoms with Gasteiger partial charge in [-0.2, -0.15) is 5.10 Å². The summed E-state index contributed by atoms with van der Waals surface area (Å²) in [5, 5.41) is 21.2. The lowest BCUT2D eigenvalue weighted by molar-refractivity contribution is -0.145. The number of fused-ring (bicyclic) bond motifs is 2. The molecule has 1 atom stereocenters. The highest BCUT2D eigenvalue weighted by molar-refractivity contribution is 7.22. The van der Waals surface area contributed by atoms with Crippen LogP contribution in [0.2, 0.25) is 5.02 Å². The number of nitrogens with zero attached hydrogens (tertiary/aromatic N) is 3. The number of aliphatic carboxylic acids is 1. The number of rotatable bonds is 6. The van der Waals surface area contributed by atoms with E-state index >= 15 is 0 Å². The lowest BCUT2D eigenvalue weighted by Crippen LogP contribution is -2.51. The molecule has 0 saturated heterocycles. The van der Waals surface area contributed by atoms with Gasteiger partial charge in [-0.05, 0) is 68.7 Å². The number of hydrogen-bond donors (Lipinski definition) is 4. The van der Waals surface area contributed by atoms with Crippen molar-refractivity contribution in [1.29, 1.82) is 0 Å². The number of allylic oxidation sites excluding steroid dienone is 5. The second kappa shape index (κ2) is 8.86. The monoisotopic (exact) mass is 510 g/mol. The van der Waals surface area contributed by atoms with E-state index in [4.69, 9.17) is 11.6 Å². The number of carboxylic acid groups (broad SMARTS) is 1. The molecule has 1 aromatic carbocycles. The summed E-state index contributed by atoms with van der Waals surface area (Å²) in [5.41, 5.74) is 5.10. The van der Waals surface area contributed by atoms with E-state index in [9.17, 15) is 14.7 Å². The molecule has 9 nitrogen and oxygen atoms in total. The summed E-state index contributed by atoms with van der Waals surface area (Å²) in [6.07, 6.45) is 10.7. The number of hydrazone groups is 1. The Labute approximate surface area is 210 Å². The topological polar surface area (TPSA) is 119 Å². The third-order valence-corrected chi connectivity index (χ3v) is 7.09. The number of anilines is 1. The van der Waals surface area contributed by atoms with Crippen LogP contribution in [0, 0.1) is 0 Å². The molecule has 1 amide bonds. The minimum atomic E-state index is -1.40. The Morgan fingerprint density at radius 3 is 2.83 bits per heavy atom. The molecule has 2 aliphatic heterocycles. The average molecular weight is 511 g/mol. The van der Waals surface area contributed by atoms with Crippen molar-refractivity contribution in [2.24, 2.45) is 5.10 Å². The van der Waals surface area contributed by atoms with Gasteiger partial charge in [0.2, 0.25) is 0 Å². The van der Waals surface area contributed by atoms with E-state index in [1.54, 1.807) is 23.5 Å². The molecule has 0 spiro atoms. The average Bonchev–Trinajstić information content (AvgIpc) is 3.42. The molecule has 3 heterocycles. The Morgan fingerprint density at radius 2 is 2.09 bits per heavy atom. The molecule has 1 aliphatic carbocycles. The molecule has 4 N–H and O–H groups in total. The highest BCUT2D eigenvalue weighted by atomic mass is 35.5. The van der Waals surface area contributed by atoms with Gasteiger partial charge >= 0.3 is 5.97 Å². The van der Waals surface area contributed by atoms with Gasteiger partial charge in [0, 0.05) is 16.9 Å². The molecule has 2 aromatic rings. The number of aromatic nitrogens is 1. The zero-order valence-electron chi connectivity index (χ0n) is 19.0. The number of hydrogen-bond acceptors (Lipinski definition) is 8. The number of amidine groups is 1. The summed E-state index contributed by atoms with van der Waals surface area (Å²) >= 11 is 7.64. The predicted molar refractivity (Wildman–Crippen MR) is 137 cm³/mol. The first-order chi connectivity index (χ1) is 16.7. The van der Waals surface area contributed by atoms with Gasteiger partial charge in [0.05, 0.1) is 15.8 Å². The summed E-state index contributed by atoms with van der Waals surface area (Å²) in [4.78, 5) is 30.7. The first-order valence-corrected chi connectivity index (χ1v) is 12.2. The van der Waals surface area contributed by atoms with Crippen molar-refractivity contribution in [2.45, 2.75) is 38.4 Å². The van der Waals surface area contributed by atoms with Gasteiger partial charge in [-0.15, -0.1) is 0 Å². The van der Waals surface area contributed by atoms with E-state index in [0.717, 1.165) is 39.5 Å². The minimum Gasteiger partial charge on any atom is -0.480 e. The Hall–Kier alpha value is -3.63. The molecule has 1 aromatic heterocycles. The van der Waals surface area contributed by atoms with Crippen molar-refractivity contribution in [3.8, 4) is 0 Å². The number of carbonyl (C=O) groups is 2. The van der Waals surface area contributed by atoms with Gasteiger partial charge in [-0.3, -0.25) is 10.2 Å². The summed E-state index contributed by atoms with van der Waals surface area (Å²) < 4.78 is 1.03. The van der Waals surface area contributed by atoms with Crippen LogP contribution in [0.3, 0.4) is 0 Å². The van der Waals surface area contributed by atoms with Crippen molar-refractivity contribution in [1.82, 2.24) is 20.6 Å². The first kappa shape index (κ1) is 23.1. The fourth-order valence-corrected chi connectivity index (χ4v) is 5.12. The van der Waals surface area contributed by atoms with Gasteiger partial charge in [0.1, 0.15) is 11.7 Å². The van der Waals surface area contributed by atoms with Crippen molar-refractivity contribution in [2.75, 3.05) is 5.32 Å². The van der Waals surface area contributed by atoms with Gasteiger partial charge in [-0.25, -0.2) is 9.78 Å². The van der Waals surface area contributed by atoms with Crippen molar-refractivity contribution in [3.05, 3.63) is 70.6 Å².